The molecule has 0 saturated carbocycles. The lowest BCUT2D eigenvalue weighted by molar-refractivity contribution is -0.186. The molecule has 5 nitrogen and oxygen atoms in total. The minimum Gasteiger partial charge on any atom is -0.399 e. The van der Waals surface area contributed by atoms with Gasteiger partial charge in [-0.25, -0.2) is 0 Å². The van der Waals surface area contributed by atoms with Gasteiger partial charge in [-0.1, -0.05) is 6.07 Å². The molecule has 0 atom stereocenters. The number of nitrogens with one attached hydrogen (secondary N) is 1. The molecule has 0 spiro atoms. The normalized spacial score (nSPS) is 16.2. The van der Waals surface area contributed by atoms with E-state index in [1.807, 2.05) is 0 Å². The minimum atomic E-state index is -4.83. The van der Waals surface area contributed by atoms with Crippen molar-refractivity contribution in [3.8, 4) is 0 Å². The van der Waals surface area contributed by atoms with Crippen molar-refractivity contribution >= 4 is 17.5 Å². The maximum atomic E-state index is 12.3. The van der Waals surface area contributed by atoms with Crippen molar-refractivity contribution in [2.75, 3.05) is 25.4 Å². The average molecular weight is 329 g/mol. The maximum Gasteiger partial charge on any atom is 0.471 e. The number of anilines is 1. The summed E-state index contributed by atoms with van der Waals surface area (Å²) in [5, 5.41) is 2.75. The standard InChI is InChI=1S/C15H18F3N3O2/c16-15(17,18)14(23)21-6-4-10(5-7-21)9-20-13(22)11-2-1-3-12(19)8-11/h1-3,8,10H,4-7,9,19H2,(H,20,22). The second kappa shape index (κ2) is 6.89. The van der Waals surface area contributed by atoms with Gasteiger partial charge in [0.2, 0.25) is 0 Å². The van der Waals surface area contributed by atoms with Gasteiger partial charge in [0, 0.05) is 30.9 Å². The number of halogens is 3. The minimum absolute atomic E-state index is 0.0527. The number of hydrogen-bond acceptors (Lipinski definition) is 3. The summed E-state index contributed by atoms with van der Waals surface area (Å²) in [6.45, 7) is 0.468. The Hall–Kier alpha value is -2.25. The van der Waals surface area contributed by atoms with Crippen LogP contribution in [0.3, 0.4) is 0 Å². The Morgan fingerprint density at radius 3 is 2.48 bits per heavy atom. The fourth-order valence-corrected chi connectivity index (χ4v) is 2.54. The topological polar surface area (TPSA) is 75.4 Å². The second-order valence-electron chi connectivity index (χ2n) is 5.57. The monoisotopic (exact) mass is 329 g/mol. The Balaban J connectivity index is 1.79. The van der Waals surface area contributed by atoms with E-state index in [-0.39, 0.29) is 24.9 Å². The van der Waals surface area contributed by atoms with Crippen LogP contribution in [0.4, 0.5) is 18.9 Å². The molecule has 1 aromatic carbocycles. The molecule has 3 N–H and O–H groups in total. The maximum absolute atomic E-state index is 12.3. The Morgan fingerprint density at radius 2 is 1.91 bits per heavy atom. The van der Waals surface area contributed by atoms with E-state index in [4.69, 9.17) is 5.73 Å². The molecule has 1 aromatic rings. The SMILES string of the molecule is Nc1cccc(C(=O)NCC2CCN(C(=O)C(F)(F)F)CC2)c1. The predicted molar refractivity (Wildman–Crippen MR) is 78.5 cm³/mol. The van der Waals surface area contributed by atoms with E-state index in [1.165, 1.54) is 0 Å². The third-order valence-electron chi connectivity index (χ3n) is 3.84. The quantitative estimate of drug-likeness (QED) is 0.830. The van der Waals surface area contributed by atoms with Crippen LogP contribution >= 0.6 is 0 Å². The summed E-state index contributed by atoms with van der Waals surface area (Å²) >= 11 is 0. The van der Waals surface area contributed by atoms with E-state index < -0.39 is 12.1 Å². The van der Waals surface area contributed by atoms with E-state index in [1.54, 1.807) is 24.3 Å². The summed E-state index contributed by atoms with van der Waals surface area (Å²) in [6, 6.07) is 6.53. The molecule has 0 aromatic heterocycles. The van der Waals surface area contributed by atoms with Crippen molar-refractivity contribution in [3.63, 3.8) is 0 Å². The van der Waals surface area contributed by atoms with Gasteiger partial charge >= 0.3 is 12.1 Å². The van der Waals surface area contributed by atoms with Crippen LogP contribution in [-0.4, -0.2) is 42.5 Å². The highest BCUT2D eigenvalue weighted by Gasteiger charge is 2.43. The van der Waals surface area contributed by atoms with E-state index in [2.05, 4.69) is 5.32 Å². The molecule has 1 saturated heterocycles. The third-order valence-corrected chi connectivity index (χ3v) is 3.84. The highest BCUT2D eigenvalue weighted by Crippen LogP contribution is 2.23. The van der Waals surface area contributed by atoms with Crippen LogP contribution in [-0.2, 0) is 4.79 Å². The first kappa shape index (κ1) is 17.1. The smallest absolute Gasteiger partial charge is 0.399 e. The lowest BCUT2D eigenvalue weighted by Gasteiger charge is -2.32. The Kier molecular flexibility index (Phi) is 5.12. The van der Waals surface area contributed by atoms with Gasteiger partial charge in [-0.05, 0) is 37.0 Å². The molecule has 0 bridgehead atoms. The predicted octanol–water partition coefficient (Wildman–Crippen LogP) is 1.80. The van der Waals surface area contributed by atoms with Crippen molar-refractivity contribution in [1.82, 2.24) is 10.2 Å². The summed E-state index contributed by atoms with van der Waals surface area (Å²) in [7, 11) is 0. The third kappa shape index (κ3) is 4.61. The number of amides is 2. The number of hydrogen-bond donors (Lipinski definition) is 2. The van der Waals surface area contributed by atoms with Crippen LogP contribution in [0, 0.1) is 5.92 Å². The zero-order valence-corrected chi connectivity index (χ0v) is 12.4. The molecule has 1 heterocycles. The molecule has 0 aliphatic carbocycles. The lowest BCUT2D eigenvalue weighted by Crippen LogP contribution is -2.46. The summed E-state index contributed by atoms with van der Waals surface area (Å²) in [5.41, 5.74) is 6.53. The highest BCUT2D eigenvalue weighted by atomic mass is 19.4. The van der Waals surface area contributed by atoms with Crippen LogP contribution in [0.1, 0.15) is 23.2 Å². The Bertz CT molecular complexity index is 582. The molecule has 2 rings (SSSR count). The van der Waals surface area contributed by atoms with Gasteiger partial charge in [0.25, 0.3) is 5.91 Å². The number of carbonyl (C=O) groups excluding carboxylic acids is 2. The largest absolute Gasteiger partial charge is 0.471 e. The van der Waals surface area contributed by atoms with Gasteiger partial charge in [0.05, 0.1) is 0 Å². The summed E-state index contributed by atoms with van der Waals surface area (Å²) in [6.07, 6.45) is -3.97. The second-order valence-corrected chi connectivity index (χ2v) is 5.57. The number of nitrogens with two attached hydrogens (primary N) is 1. The number of rotatable bonds is 3. The van der Waals surface area contributed by atoms with Crippen LogP contribution < -0.4 is 11.1 Å². The van der Waals surface area contributed by atoms with Crippen molar-refractivity contribution in [2.24, 2.45) is 5.92 Å². The number of likely N-dealkylation sites (tertiary alicyclic amines) is 1. The molecule has 0 unspecified atom stereocenters. The fraction of sp³-hybridized carbons (Fsp3) is 0.467. The summed E-state index contributed by atoms with van der Waals surface area (Å²) in [4.78, 5) is 23.9. The van der Waals surface area contributed by atoms with E-state index in [0.29, 0.717) is 30.6 Å². The number of alkyl halides is 3. The first-order chi connectivity index (χ1) is 10.8. The Labute approximate surface area is 131 Å². The molecule has 1 aliphatic heterocycles. The van der Waals surface area contributed by atoms with Gasteiger partial charge in [0.1, 0.15) is 0 Å². The van der Waals surface area contributed by atoms with E-state index in [9.17, 15) is 22.8 Å². The molecule has 126 valence electrons. The molecule has 2 amide bonds. The molecule has 0 radical (unpaired) electrons. The van der Waals surface area contributed by atoms with Crippen LogP contribution in [0.25, 0.3) is 0 Å². The average Bonchev–Trinajstić information content (AvgIpc) is 2.51. The van der Waals surface area contributed by atoms with Crippen molar-refractivity contribution in [3.05, 3.63) is 29.8 Å². The fourth-order valence-electron chi connectivity index (χ4n) is 2.54. The summed E-state index contributed by atoms with van der Waals surface area (Å²) < 4.78 is 37.0. The van der Waals surface area contributed by atoms with Gasteiger partial charge in [-0.2, -0.15) is 13.2 Å². The van der Waals surface area contributed by atoms with Crippen molar-refractivity contribution in [1.29, 1.82) is 0 Å². The van der Waals surface area contributed by atoms with E-state index >= 15 is 0 Å². The van der Waals surface area contributed by atoms with Gasteiger partial charge in [-0.3, -0.25) is 9.59 Å². The van der Waals surface area contributed by atoms with Crippen molar-refractivity contribution in [2.45, 2.75) is 19.0 Å². The number of nitrogens with zero attached hydrogens (tertiary/aromatic N) is 1. The number of carbonyl (C=O) groups is 2. The lowest BCUT2D eigenvalue weighted by atomic mass is 9.96. The van der Waals surface area contributed by atoms with Crippen LogP contribution in [0.5, 0.6) is 0 Å². The highest BCUT2D eigenvalue weighted by molar-refractivity contribution is 5.94. The zero-order valence-electron chi connectivity index (χ0n) is 12.4. The number of piperidine rings is 1. The molecular formula is C15H18F3N3O2. The number of benzene rings is 1. The summed E-state index contributed by atoms with van der Waals surface area (Å²) in [5.74, 6) is -2.01. The first-order valence-corrected chi connectivity index (χ1v) is 7.27. The molecular weight excluding hydrogens is 311 g/mol. The van der Waals surface area contributed by atoms with E-state index in [0.717, 1.165) is 4.90 Å². The van der Waals surface area contributed by atoms with Crippen molar-refractivity contribution < 1.29 is 22.8 Å². The van der Waals surface area contributed by atoms with Gasteiger partial charge < -0.3 is 16.0 Å². The number of nitrogen functional groups attached to an aromatic ring is 1. The van der Waals surface area contributed by atoms with Gasteiger partial charge in [0.15, 0.2) is 0 Å². The molecule has 23 heavy (non-hydrogen) atoms. The van der Waals surface area contributed by atoms with Crippen LogP contribution in [0.2, 0.25) is 0 Å². The van der Waals surface area contributed by atoms with Gasteiger partial charge in [-0.15, -0.1) is 0 Å². The first-order valence-electron chi connectivity index (χ1n) is 7.27. The molecule has 1 aliphatic rings. The van der Waals surface area contributed by atoms with Crippen LogP contribution in [0.15, 0.2) is 24.3 Å². The Morgan fingerprint density at radius 1 is 1.26 bits per heavy atom. The zero-order chi connectivity index (χ0) is 17.0. The molecule has 8 heteroatoms. The molecule has 1 fully saturated rings.